The van der Waals surface area contributed by atoms with Crippen molar-refractivity contribution in [2.45, 2.75) is 46.6 Å². The zero-order valence-electron chi connectivity index (χ0n) is 12.0. The number of methoxy groups -OCH3 is 1. The standard InChI is InChI=1S/C14H27NO2/c1-11(12-6-7-12)15(8-9-17-5)10-13(16)14(2,3)4/h11-12H,6-10H2,1-5H3. The summed E-state index contributed by atoms with van der Waals surface area (Å²) in [5, 5.41) is 0. The second kappa shape index (κ2) is 5.96. The molecule has 0 aromatic carbocycles. The number of carbonyl (C=O) groups is 1. The van der Waals surface area contributed by atoms with Gasteiger partial charge in [0.05, 0.1) is 13.2 Å². The van der Waals surface area contributed by atoms with Crippen molar-refractivity contribution >= 4 is 5.78 Å². The summed E-state index contributed by atoms with van der Waals surface area (Å²) >= 11 is 0. The van der Waals surface area contributed by atoms with E-state index < -0.39 is 0 Å². The van der Waals surface area contributed by atoms with E-state index in [1.165, 1.54) is 12.8 Å². The molecule has 3 heteroatoms. The number of ether oxygens (including phenoxy) is 1. The predicted molar refractivity (Wildman–Crippen MR) is 70.1 cm³/mol. The van der Waals surface area contributed by atoms with Gasteiger partial charge in [-0.15, -0.1) is 0 Å². The van der Waals surface area contributed by atoms with Crippen molar-refractivity contribution in [1.82, 2.24) is 4.90 Å². The molecule has 0 spiro atoms. The van der Waals surface area contributed by atoms with E-state index in [-0.39, 0.29) is 5.41 Å². The maximum Gasteiger partial charge on any atom is 0.152 e. The minimum atomic E-state index is -0.241. The van der Waals surface area contributed by atoms with Crippen molar-refractivity contribution in [2.75, 3.05) is 26.8 Å². The smallest absolute Gasteiger partial charge is 0.152 e. The van der Waals surface area contributed by atoms with Crippen LogP contribution in [0.4, 0.5) is 0 Å². The highest BCUT2D eigenvalue weighted by atomic mass is 16.5. The van der Waals surface area contributed by atoms with Crippen LogP contribution < -0.4 is 0 Å². The number of hydrogen-bond acceptors (Lipinski definition) is 3. The molecule has 1 rings (SSSR count). The number of Topliss-reactive ketones (excluding diaryl/α,β-unsaturated/α-hetero) is 1. The molecule has 0 radical (unpaired) electrons. The first-order valence-electron chi connectivity index (χ1n) is 6.62. The van der Waals surface area contributed by atoms with E-state index in [2.05, 4.69) is 11.8 Å². The molecule has 3 nitrogen and oxygen atoms in total. The van der Waals surface area contributed by atoms with E-state index in [0.29, 0.717) is 25.0 Å². The zero-order chi connectivity index (χ0) is 13.1. The molecule has 0 bridgehead atoms. The Morgan fingerprint density at radius 2 is 2.00 bits per heavy atom. The van der Waals surface area contributed by atoms with Crippen LogP contribution in [-0.4, -0.2) is 43.5 Å². The van der Waals surface area contributed by atoms with E-state index in [1.54, 1.807) is 7.11 Å². The van der Waals surface area contributed by atoms with Gasteiger partial charge in [0.25, 0.3) is 0 Å². The van der Waals surface area contributed by atoms with E-state index in [1.807, 2.05) is 20.8 Å². The Hall–Kier alpha value is -0.410. The van der Waals surface area contributed by atoms with Crippen LogP contribution in [0.25, 0.3) is 0 Å². The number of ketones is 1. The SMILES string of the molecule is COCCN(CC(=O)C(C)(C)C)C(C)C1CC1. The first-order valence-corrected chi connectivity index (χ1v) is 6.62. The Kier molecular flexibility index (Phi) is 5.14. The van der Waals surface area contributed by atoms with Crippen LogP contribution >= 0.6 is 0 Å². The summed E-state index contributed by atoms with van der Waals surface area (Å²) in [5.41, 5.74) is -0.241. The van der Waals surface area contributed by atoms with Crippen LogP contribution in [0.2, 0.25) is 0 Å². The minimum absolute atomic E-state index is 0.241. The first-order chi connectivity index (χ1) is 7.86. The van der Waals surface area contributed by atoms with Crippen LogP contribution in [0.5, 0.6) is 0 Å². The molecule has 100 valence electrons. The van der Waals surface area contributed by atoms with Gasteiger partial charge in [0, 0.05) is 25.1 Å². The summed E-state index contributed by atoms with van der Waals surface area (Å²) < 4.78 is 5.14. The van der Waals surface area contributed by atoms with E-state index in [4.69, 9.17) is 4.74 Å². The van der Waals surface area contributed by atoms with Crippen molar-refractivity contribution < 1.29 is 9.53 Å². The van der Waals surface area contributed by atoms with Crippen LogP contribution in [0.3, 0.4) is 0 Å². The molecule has 1 aliphatic carbocycles. The van der Waals surface area contributed by atoms with Crippen LogP contribution in [0.1, 0.15) is 40.5 Å². The third kappa shape index (κ3) is 4.76. The fourth-order valence-electron chi connectivity index (χ4n) is 1.93. The summed E-state index contributed by atoms with van der Waals surface area (Å²) in [6.45, 7) is 10.3. The van der Waals surface area contributed by atoms with Gasteiger partial charge in [-0.2, -0.15) is 0 Å². The highest BCUT2D eigenvalue weighted by molar-refractivity contribution is 5.85. The Labute approximate surface area is 106 Å². The highest BCUT2D eigenvalue weighted by Crippen LogP contribution is 2.35. The van der Waals surface area contributed by atoms with Crippen LogP contribution in [0, 0.1) is 11.3 Å². The Morgan fingerprint density at radius 3 is 2.41 bits per heavy atom. The molecule has 1 unspecified atom stereocenters. The minimum Gasteiger partial charge on any atom is -0.383 e. The van der Waals surface area contributed by atoms with Gasteiger partial charge in [0.1, 0.15) is 0 Å². The van der Waals surface area contributed by atoms with Crippen LogP contribution in [0.15, 0.2) is 0 Å². The van der Waals surface area contributed by atoms with Crippen LogP contribution in [-0.2, 0) is 9.53 Å². The summed E-state index contributed by atoms with van der Waals surface area (Å²) in [5.74, 6) is 1.11. The lowest BCUT2D eigenvalue weighted by Crippen LogP contribution is -2.43. The molecule has 1 aliphatic rings. The summed E-state index contributed by atoms with van der Waals surface area (Å²) in [6, 6.07) is 0.511. The fraction of sp³-hybridized carbons (Fsp3) is 0.929. The predicted octanol–water partition coefficient (Wildman–Crippen LogP) is 2.35. The summed E-state index contributed by atoms with van der Waals surface area (Å²) in [4.78, 5) is 14.4. The van der Waals surface area contributed by atoms with E-state index in [0.717, 1.165) is 12.5 Å². The topological polar surface area (TPSA) is 29.5 Å². The average Bonchev–Trinajstić information content (AvgIpc) is 3.05. The third-order valence-electron chi connectivity index (χ3n) is 3.65. The molecular weight excluding hydrogens is 214 g/mol. The van der Waals surface area contributed by atoms with Crippen molar-refractivity contribution in [3.63, 3.8) is 0 Å². The zero-order valence-corrected chi connectivity index (χ0v) is 12.0. The van der Waals surface area contributed by atoms with Gasteiger partial charge in [0.2, 0.25) is 0 Å². The number of nitrogens with zero attached hydrogens (tertiary/aromatic N) is 1. The molecule has 1 saturated carbocycles. The largest absolute Gasteiger partial charge is 0.383 e. The van der Waals surface area contributed by atoms with Crippen molar-refractivity contribution in [1.29, 1.82) is 0 Å². The van der Waals surface area contributed by atoms with Gasteiger partial charge >= 0.3 is 0 Å². The number of hydrogen-bond donors (Lipinski definition) is 0. The lowest BCUT2D eigenvalue weighted by molar-refractivity contribution is -0.128. The van der Waals surface area contributed by atoms with Crippen molar-refractivity contribution in [3.8, 4) is 0 Å². The molecule has 0 aromatic heterocycles. The molecule has 0 saturated heterocycles. The van der Waals surface area contributed by atoms with Crippen molar-refractivity contribution in [2.24, 2.45) is 11.3 Å². The molecule has 0 N–H and O–H groups in total. The van der Waals surface area contributed by atoms with Gasteiger partial charge in [-0.3, -0.25) is 9.69 Å². The van der Waals surface area contributed by atoms with Crippen molar-refractivity contribution in [3.05, 3.63) is 0 Å². The van der Waals surface area contributed by atoms with Gasteiger partial charge in [-0.1, -0.05) is 20.8 Å². The maximum absolute atomic E-state index is 12.1. The Balaban J connectivity index is 2.53. The lowest BCUT2D eigenvalue weighted by atomic mass is 9.90. The highest BCUT2D eigenvalue weighted by Gasteiger charge is 2.34. The average molecular weight is 241 g/mol. The quantitative estimate of drug-likeness (QED) is 0.685. The first kappa shape index (κ1) is 14.7. The Bertz CT molecular complexity index is 253. The summed E-state index contributed by atoms with van der Waals surface area (Å²) in [7, 11) is 1.71. The van der Waals surface area contributed by atoms with Gasteiger partial charge in [-0.25, -0.2) is 0 Å². The molecule has 0 heterocycles. The third-order valence-corrected chi connectivity index (χ3v) is 3.65. The number of rotatable bonds is 7. The number of carbonyl (C=O) groups excluding carboxylic acids is 1. The monoisotopic (exact) mass is 241 g/mol. The normalized spacial score (nSPS) is 18.5. The van der Waals surface area contributed by atoms with E-state index >= 15 is 0 Å². The summed E-state index contributed by atoms with van der Waals surface area (Å²) in [6.07, 6.45) is 2.63. The maximum atomic E-state index is 12.1. The second-order valence-electron chi connectivity index (χ2n) is 6.21. The van der Waals surface area contributed by atoms with Gasteiger partial charge < -0.3 is 4.74 Å². The fourth-order valence-corrected chi connectivity index (χ4v) is 1.93. The molecule has 0 amide bonds. The lowest BCUT2D eigenvalue weighted by Gasteiger charge is -2.30. The molecule has 17 heavy (non-hydrogen) atoms. The molecule has 1 atom stereocenters. The van der Waals surface area contributed by atoms with Gasteiger partial charge in [0.15, 0.2) is 5.78 Å². The second-order valence-corrected chi connectivity index (χ2v) is 6.21. The molecule has 1 fully saturated rings. The molecule has 0 aromatic rings. The van der Waals surface area contributed by atoms with Gasteiger partial charge in [-0.05, 0) is 25.7 Å². The molecular formula is C14H27NO2. The Morgan fingerprint density at radius 1 is 1.41 bits per heavy atom. The van der Waals surface area contributed by atoms with E-state index in [9.17, 15) is 4.79 Å². The molecule has 0 aliphatic heterocycles.